The zero-order valence-electron chi connectivity index (χ0n) is 11.1. The van der Waals surface area contributed by atoms with Gasteiger partial charge in [0.15, 0.2) is 0 Å². The van der Waals surface area contributed by atoms with Crippen LogP contribution in [0.25, 0.3) is 0 Å². The lowest BCUT2D eigenvalue weighted by molar-refractivity contribution is -0.120. The number of carbonyl (C=O) groups excluding carboxylic acids is 1. The Morgan fingerprint density at radius 3 is 2.42 bits per heavy atom. The number of carbonyl (C=O) groups is 1. The smallest absolute Gasteiger partial charge is 0.296 e. The molecule has 0 spiro atoms. The highest BCUT2D eigenvalue weighted by Crippen LogP contribution is 2.28. The standard InChI is InChI=1S/C14H18O4S/c1-10-3-5-13(6-4-10)19(16,17)18-9-12-7-11(2)14(15)8-12/h3-6,11-12H,7-9H2,1-2H3/t11-,12-/m0/s1. The van der Waals surface area contributed by atoms with Gasteiger partial charge < -0.3 is 0 Å². The van der Waals surface area contributed by atoms with Crippen molar-refractivity contribution in [3.8, 4) is 0 Å². The molecule has 0 bridgehead atoms. The molecule has 0 N–H and O–H groups in total. The summed E-state index contributed by atoms with van der Waals surface area (Å²) in [6.45, 7) is 3.85. The van der Waals surface area contributed by atoms with E-state index in [9.17, 15) is 13.2 Å². The molecule has 0 amide bonds. The topological polar surface area (TPSA) is 60.4 Å². The van der Waals surface area contributed by atoms with Gasteiger partial charge in [-0.25, -0.2) is 0 Å². The third-order valence-electron chi connectivity index (χ3n) is 3.49. The Hall–Kier alpha value is -1.20. The summed E-state index contributed by atoms with van der Waals surface area (Å²) < 4.78 is 29.0. The summed E-state index contributed by atoms with van der Waals surface area (Å²) in [4.78, 5) is 11.6. The Morgan fingerprint density at radius 1 is 1.26 bits per heavy atom. The van der Waals surface area contributed by atoms with Gasteiger partial charge in [-0.05, 0) is 31.4 Å². The van der Waals surface area contributed by atoms with E-state index in [1.54, 1.807) is 12.1 Å². The minimum Gasteiger partial charge on any atom is -0.299 e. The van der Waals surface area contributed by atoms with Crippen molar-refractivity contribution in [2.24, 2.45) is 11.8 Å². The summed E-state index contributed by atoms with van der Waals surface area (Å²) in [5.74, 6) is 0.236. The van der Waals surface area contributed by atoms with E-state index >= 15 is 0 Å². The van der Waals surface area contributed by atoms with Gasteiger partial charge in [-0.15, -0.1) is 0 Å². The van der Waals surface area contributed by atoms with Gasteiger partial charge in [0.2, 0.25) is 0 Å². The van der Waals surface area contributed by atoms with Crippen molar-refractivity contribution < 1.29 is 17.4 Å². The number of benzene rings is 1. The van der Waals surface area contributed by atoms with E-state index in [-0.39, 0.29) is 29.1 Å². The molecule has 0 aliphatic heterocycles. The van der Waals surface area contributed by atoms with E-state index in [0.29, 0.717) is 12.8 Å². The second-order valence-corrected chi connectivity index (χ2v) is 6.84. The number of rotatable bonds is 4. The molecule has 0 saturated heterocycles. The molecule has 2 rings (SSSR count). The average Bonchev–Trinajstić information content (AvgIpc) is 2.67. The molecular formula is C14H18O4S. The number of Topliss-reactive ketones (excluding diaryl/α,β-unsaturated/α-hetero) is 1. The van der Waals surface area contributed by atoms with Gasteiger partial charge in [-0.3, -0.25) is 8.98 Å². The molecule has 4 nitrogen and oxygen atoms in total. The maximum atomic E-state index is 12.0. The van der Waals surface area contributed by atoms with Gasteiger partial charge in [-0.2, -0.15) is 8.42 Å². The van der Waals surface area contributed by atoms with Crippen LogP contribution in [0.2, 0.25) is 0 Å². The SMILES string of the molecule is Cc1ccc(S(=O)(=O)OC[C@@H]2CC(=O)[C@@H](C)C2)cc1. The van der Waals surface area contributed by atoms with Crippen molar-refractivity contribution in [1.29, 1.82) is 0 Å². The Morgan fingerprint density at radius 2 is 1.89 bits per heavy atom. The van der Waals surface area contributed by atoms with Crippen LogP contribution in [-0.4, -0.2) is 20.8 Å². The van der Waals surface area contributed by atoms with E-state index < -0.39 is 10.1 Å². The molecule has 1 fully saturated rings. The summed E-state index contributed by atoms with van der Waals surface area (Å²) in [6, 6.07) is 6.54. The van der Waals surface area contributed by atoms with Crippen LogP contribution in [-0.2, 0) is 19.1 Å². The molecule has 1 aromatic carbocycles. The third kappa shape index (κ3) is 3.42. The molecule has 0 unspecified atom stereocenters. The maximum Gasteiger partial charge on any atom is 0.296 e. The van der Waals surface area contributed by atoms with Gasteiger partial charge in [0.1, 0.15) is 5.78 Å². The minimum atomic E-state index is -3.71. The Kier molecular flexibility index (Phi) is 4.06. The molecule has 0 heterocycles. The van der Waals surface area contributed by atoms with Gasteiger partial charge in [0.25, 0.3) is 10.1 Å². The molecule has 1 aliphatic rings. The lowest BCUT2D eigenvalue weighted by Gasteiger charge is -2.10. The first-order valence-electron chi connectivity index (χ1n) is 6.37. The van der Waals surface area contributed by atoms with E-state index in [1.165, 1.54) is 12.1 Å². The Balaban J connectivity index is 1.99. The largest absolute Gasteiger partial charge is 0.299 e. The van der Waals surface area contributed by atoms with Crippen molar-refractivity contribution in [2.45, 2.75) is 31.6 Å². The summed E-state index contributed by atoms with van der Waals surface area (Å²) in [5.41, 5.74) is 0.995. The third-order valence-corrected chi connectivity index (χ3v) is 4.79. The fourth-order valence-electron chi connectivity index (χ4n) is 2.29. The van der Waals surface area contributed by atoms with Gasteiger partial charge in [-0.1, -0.05) is 24.6 Å². The lowest BCUT2D eigenvalue weighted by atomic mass is 10.1. The molecule has 1 aliphatic carbocycles. The second-order valence-electron chi connectivity index (χ2n) is 5.22. The first kappa shape index (κ1) is 14.2. The van der Waals surface area contributed by atoms with Crippen molar-refractivity contribution in [2.75, 3.05) is 6.61 Å². The lowest BCUT2D eigenvalue weighted by Crippen LogP contribution is -2.13. The van der Waals surface area contributed by atoms with Crippen molar-refractivity contribution in [3.05, 3.63) is 29.8 Å². The number of hydrogen-bond donors (Lipinski definition) is 0. The molecule has 1 saturated carbocycles. The van der Waals surface area contributed by atoms with Gasteiger partial charge in [0.05, 0.1) is 11.5 Å². The Labute approximate surface area is 113 Å². The van der Waals surface area contributed by atoms with Crippen LogP contribution in [0.3, 0.4) is 0 Å². The molecule has 2 atom stereocenters. The Bertz CT molecular complexity index is 560. The van der Waals surface area contributed by atoms with E-state index in [0.717, 1.165) is 5.56 Å². The highest BCUT2D eigenvalue weighted by Gasteiger charge is 2.30. The van der Waals surface area contributed by atoms with Gasteiger partial charge >= 0.3 is 0 Å². The van der Waals surface area contributed by atoms with Crippen LogP contribution in [0, 0.1) is 18.8 Å². The second kappa shape index (κ2) is 5.43. The molecule has 5 heteroatoms. The first-order valence-corrected chi connectivity index (χ1v) is 7.78. The summed E-state index contributed by atoms with van der Waals surface area (Å²) in [6.07, 6.45) is 1.13. The molecular weight excluding hydrogens is 264 g/mol. The molecule has 19 heavy (non-hydrogen) atoms. The monoisotopic (exact) mass is 282 g/mol. The van der Waals surface area contributed by atoms with Crippen LogP contribution in [0.1, 0.15) is 25.3 Å². The fourth-order valence-corrected chi connectivity index (χ4v) is 3.26. The number of ketones is 1. The predicted molar refractivity (Wildman–Crippen MR) is 71.2 cm³/mol. The fraction of sp³-hybridized carbons (Fsp3) is 0.500. The maximum absolute atomic E-state index is 12.0. The minimum absolute atomic E-state index is 0.0164. The number of aryl methyl sites for hydroxylation is 1. The van der Waals surface area contributed by atoms with Gasteiger partial charge in [0, 0.05) is 12.3 Å². The van der Waals surface area contributed by atoms with Crippen molar-refractivity contribution >= 4 is 15.9 Å². The average molecular weight is 282 g/mol. The zero-order valence-corrected chi connectivity index (χ0v) is 11.9. The number of hydrogen-bond acceptors (Lipinski definition) is 4. The summed E-state index contributed by atoms with van der Waals surface area (Å²) in [5, 5.41) is 0. The van der Waals surface area contributed by atoms with Crippen molar-refractivity contribution in [3.63, 3.8) is 0 Å². The van der Waals surface area contributed by atoms with Crippen LogP contribution < -0.4 is 0 Å². The van der Waals surface area contributed by atoms with E-state index in [4.69, 9.17) is 4.18 Å². The highest BCUT2D eigenvalue weighted by molar-refractivity contribution is 7.86. The normalized spacial score (nSPS) is 23.8. The van der Waals surface area contributed by atoms with Crippen LogP contribution in [0.4, 0.5) is 0 Å². The van der Waals surface area contributed by atoms with E-state index in [1.807, 2.05) is 13.8 Å². The quantitative estimate of drug-likeness (QED) is 0.795. The van der Waals surface area contributed by atoms with Crippen LogP contribution in [0.5, 0.6) is 0 Å². The summed E-state index contributed by atoms with van der Waals surface area (Å²) >= 11 is 0. The molecule has 104 valence electrons. The van der Waals surface area contributed by atoms with E-state index in [2.05, 4.69) is 0 Å². The van der Waals surface area contributed by atoms with Crippen molar-refractivity contribution in [1.82, 2.24) is 0 Å². The highest BCUT2D eigenvalue weighted by atomic mass is 32.2. The zero-order chi connectivity index (χ0) is 14.0. The van der Waals surface area contributed by atoms with Crippen LogP contribution in [0.15, 0.2) is 29.2 Å². The molecule has 1 aromatic rings. The van der Waals surface area contributed by atoms with Crippen LogP contribution >= 0.6 is 0 Å². The predicted octanol–water partition coefficient (Wildman–Crippen LogP) is 2.32. The molecule has 0 aromatic heterocycles. The summed E-state index contributed by atoms with van der Waals surface area (Å²) in [7, 11) is -3.71. The first-order chi connectivity index (χ1) is 8.88. The molecule has 0 radical (unpaired) electrons.